The Kier molecular flexibility index (Phi) is 6.90. The van der Waals surface area contributed by atoms with Crippen LogP contribution in [0.5, 0.6) is 0 Å². The van der Waals surface area contributed by atoms with E-state index >= 15 is 0 Å². The van der Waals surface area contributed by atoms with Crippen LogP contribution in [0.4, 0.5) is 0 Å². The van der Waals surface area contributed by atoms with Crippen molar-refractivity contribution in [2.24, 2.45) is 0 Å². The molecule has 0 bridgehead atoms. The fourth-order valence-corrected chi connectivity index (χ4v) is 4.35. The second-order valence-corrected chi connectivity index (χ2v) is 8.61. The maximum atomic E-state index is 12.3. The number of hydrogen-bond donors (Lipinski definition) is 0. The third-order valence-corrected chi connectivity index (χ3v) is 5.93. The van der Waals surface area contributed by atoms with Crippen LogP contribution in [0.15, 0.2) is 35.5 Å². The molecule has 1 amide bonds. The number of benzene rings is 1. The molecule has 2 heterocycles. The normalized spacial score (nSPS) is 16.3. The van der Waals surface area contributed by atoms with E-state index in [2.05, 4.69) is 43.9 Å². The van der Waals surface area contributed by atoms with E-state index in [1.165, 1.54) is 36.6 Å². The van der Waals surface area contributed by atoms with Crippen molar-refractivity contribution in [1.29, 1.82) is 0 Å². The van der Waals surface area contributed by atoms with Gasteiger partial charge in [-0.2, -0.15) is 0 Å². The van der Waals surface area contributed by atoms with Crippen molar-refractivity contribution in [3.63, 3.8) is 0 Å². The van der Waals surface area contributed by atoms with Gasteiger partial charge in [-0.3, -0.25) is 9.69 Å². The lowest BCUT2D eigenvalue weighted by molar-refractivity contribution is -0.127. The summed E-state index contributed by atoms with van der Waals surface area (Å²) in [4.78, 5) is 16.4. The van der Waals surface area contributed by atoms with Crippen molar-refractivity contribution in [1.82, 2.24) is 24.6 Å². The molecule has 27 heavy (non-hydrogen) atoms. The number of thioether (sulfide) groups is 1. The van der Waals surface area contributed by atoms with Gasteiger partial charge in [0.15, 0.2) is 5.16 Å². The van der Waals surface area contributed by atoms with Crippen LogP contribution in [0.25, 0.3) is 0 Å². The van der Waals surface area contributed by atoms with Gasteiger partial charge in [-0.15, -0.1) is 10.2 Å². The Morgan fingerprint density at radius 3 is 2.48 bits per heavy atom. The number of aromatic nitrogens is 3. The molecule has 1 unspecified atom stereocenters. The van der Waals surface area contributed by atoms with E-state index in [9.17, 15) is 4.79 Å². The zero-order valence-electron chi connectivity index (χ0n) is 16.5. The van der Waals surface area contributed by atoms with Gasteiger partial charge in [-0.05, 0) is 38.4 Å². The number of rotatable bonds is 7. The Bertz CT molecular complexity index is 740. The molecule has 1 aromatic carbocycles. The monoisotopic (exact) mass is 387 g/mol. The molecule has 1 aliphatic rings. The zero-order chi connectivity index (χ0) is 19.2. The van der Waals surface area contributed by atoms with E-state index in [1.807, 2.05) is 13.0 Å². The van der Waals surface area contributed by atoms with Crippen LogP contribution in [0.2, 0.25) is 0 Å². The molecule has 0 saturated carbocycles. The lowest BCUT2D eigenvalue weighted by Crippen LogP contribution is -2.31. The van der Waals surface area contributed by atoms with Crippen LogP contribution in [-0.2, 0) is 17.9 Å². The molecule has 1 saturated heterocycles. The summed E-state index contributed by atoms with van der Waals surface area (Å²) >= 11 is 1.49. The largest absolute Gasteiger partial charge is 0.348 e. The fraction of sp³-hybridized carbons (Fsp3) is 0.550. The Labute approximate surface area is 165 Å². The summed E-state index contributed by atoms with van der Waals surface area (Å²) in [6.07, 6.45) is 3.82. The highest BCUT2D eigenvalue weighted by Crippen LogP contribution is 2.25. The van der Waals surface area contributed by atoms with Crippen LogP contribution in [0.1, 0.15) is 37.6 Å². The van der Waals surface area contributed by atoms with Crippen LogP contribution >= 0.6 is 11.8 Å². The van der Waals surface area contributed by atoms with Gasteiger partial charge in [-0.1, -0.05) is 48.5 Å². The average Bonchev–Trinajstić information content (AvgIpc) is 3.04. The van der Waals surface area contributed by atoms with Gasteiger partial charge in [-0.25, -0.2) is 0 Å². The Balaban J connectivity index is 1.82. The molecule has 0 aliphatic carbocycles. The van der Waals surface area contributed by atoms with Crippen molar-refractivity contribution in [2.45, 2.75) is 49.7 Å². The predicted molar refractivity (Wildman–Crippen MR) is 109 cm³/mol. The van der Waals surface area contributed by atoms with Crippen LogP contribution in [-0.4, -0.2) is 62.9 Å². The second-order valence-electron chi connectivity index (χ2n) is 7.30. The summed E-state index contributed by atoms with van der Waals surface area (Å²) in [6.45, 7) is 5.71. The van der Waals surface area contributed by atoms with E-state index in [-0.39, 0.29) is 11.2 Å². The molecule has 1 aromatic heterocycles. The summed E-state index contributed by atoms with van der Waals surface area (Å²) in [5.74, 6) is 1.07. The van der Waals surface area contributed by atoms with Gasteiger partial charge in [0, 0.05) is 14.1 Å². The van der Waals surface area contributed by atoms with Crippen LogP contribution in [0.3, 0.4) is 0 Å². The third kappa shape index (κ3) is 5.32. The number of nitrogens with zero attached hydrogens (tertiary/aromatic N) is 5. The number of hydrogen-bond acceptors (Lipinski definition) is 5. The molecule has 6 nitrogen and oxygen atoms in total. The van der Waals surface area contributed by atoms with Gasteiger partial charge in [0.05, 0.1) is 18.3 Å². The molecule has 3 rings (SSSR count). The molecular weight excluding hydrogens is 358 g/mol. The fourth-order valence-electron chi connectivity index (χ4n) is 3.34. The van der Waals surface area contributed by atoms with Crippen LogP contribution in [0, 0.1) is 0 Å². The first-order valence-corrected chi connectivity index (χ1v) is 10.5. The van der Waals surface area contributed by atoms with E-state index in [1.54, 1.807) is 19.0 Å². The number of likely N-dealkylation sites (tertiary alicyclic amines) is 1. The molecule has 1 fully saturated rings. The molecular formula is C20H29N5OS. The minimum absolute atomic E-state index is 0.0897. The van der Waals surface area contributed by atoms with Crippen molar-refractivity contribution < 1.29 is 4.79 Å². The van der Waals surface area contributed by atoms with Crippen molar-refractivity contribution >= 4 is 17.7 Å². The van der Waals surface area contributed by atoms with Gasteiger partial charge in [0.2, 0.25) is 5.91 Å². The predicted octanol–water partition coefficient (Wildman–Crippen LogP) is 2.88. The summed E-state index contributed by atoms with van der Waals surface area (Å²) in [5.41, 5.74) is 1.21. The van der Waals surface area contributed by atoms with Crippen molar-refractivity contribution in [3.05, 3.63) is 41.7 Å². The van der Waals surface area contributed by atoms with Crippen LogP contribution < -0.4 is 0 Å². The first-order chi connectivity index (χ1) is 13.0. The highest BCUT2D eigenvalue weighted by molar-refractivity contribution is 8.00. The smallest absolute Gasteiger partial charge is 0.235 e. The number of amides is 1. The lowest BCUT2D eigenvalue weighted by Gasteiger charge is -2.26. The van der Waals surface area contributed by atoms with Crippen molar-refractivity contribution in [2.75, 3.05) is 27.2 Å². The summed E-state index contributed by atoms with van der Waals surface area (Å²) < 4.78 is 2.17. The molecule has 1 atom stereocenters. The van der Waals surface area contributed by atoms with E-state index < -0.39 is 0 Å². The average molecular weight is 388 g/mol. The zero-order valence-corrected chi connectivity index (χ0v) is 17.3. The summed E-state index contributed by atoms with van der Waals surface area (Å²) in [6, 6.07) is 10.4. The Morgan fingerprint density at radius 1 is 1.11 bits per heavy atom. The molecule has 1 aliphatic heterocycles. The topological polar surface area (TPSA) is 54.3 Å². The molecule has 0 spiro atoms. The second kappa shape index (κ2) is 9.37. The minimum Gasteiger partial charge on any atom is -0.348 e. The minimum atomic E-state index is -0.193. The SMILES string of the molecule is CC(Sc1nnc(CN2CCCCC2)n1Cc1ccccc1)C(=O)N(C)C. The molecule has 0 N–H and O–H groups in total. The lowest BCUT2D eigenvalue weighted by atomic mass is 10.1. The summed E-state index contributed by atoms with van der Waals surface area (Å²) in [5, 5.41) is 9.55. The van der Waals surface area contributed by atoms with Crippen molar-refractivity contribution in [3.8, 4) is 0 Å². The van der Waals surface area contributed by atoms with Gasteiger partial charge < -0.3 is 9.47 Å². The third-order valence-electron chi connectivity index (χ3n) is 4.86. The standard InChI is InChI=1S/C20H29N5OS/c1-16(19(26)23(2)3)27-20-22-21-18(15-24-12-8-5-9-13-24)25(20)14-17-10-6-4-7-11-17/h4,6-7,10-11,16H,5,8-9,12-15H2,1-3H3. The molecule has 7 heteroatoms. The maximum Gasteiger partial charge on any atom is 0.235 e. The maximum absolute atomic E-state index is 12.3. The quantitative estimate of drug-likeness (QED) is 0.684. The first kappa shape index (κ1) is 19.9. The highest BCUT2D eigenvalue weighted by Gasteiger charge is 2.22. The molecule has 2 aromatic rings. The summed E-state index contributed by atoms with van der Waals surface area (Å²) in [7, 11) is 3.58. The van der Waals surface area contributed by atoms with E-state index in [0.29, 0.717) is 0 Å². The van der Waals surface area contributed by atoms with Gasteiger partial charge >= 0.3 is 0 Å². The van der Waals surface area contributed by atoms with Gasteiger partial charge in [0.25, 0.3) is 0 Å². The van der Waals surface area contributed by atoms with E-state index in [4.69, 9.17) is 0 Å². The number of carbonyl (C=O) groups is 1. The molecule has 0 radical (unpaired) electrons. The van der Waals surface area contributed by atoms with E-state index in [0.717, 1.165) is 37.2 Å². The Hall–Kier alpha value is -1.86. The Morgan fingerprint density at radius 2 is 1.81 bits per heavy atom. The highest BCUT2D eigenvalue weighted by atomic mass is 32.2. The first-order valence-electron chi connectivity index (χ1n) is 9.61. The number of carbonyl (C=O) groups excluding carboxylic acids is 1. The number of piperidine rings is 1. The molecule has 146 valence electrons. The van der Waals surface area contributed by atoms with Gasteiger partial charge in [0.1, 0.15) is 5.82 Å².